The van der Waals surface area contributed by atoms with Crippen LogP contribution in [0.1, 0.15) is 26.4 Å². The van der Waals surface area contributed by atoms with Crippen molar-refractivity contribution < 1.29 is 14.7 Å². The fraction of sp³-hybridized carbons (Fsp3) is 0.125. The standard InChI is InChI=1S/C16H14BrN5O3/c1-21-14(12(8-18-21)16(24)25)15(23)19-13-6-7-22(20-13)9-10-2-4-11(17)5-3-10/h2-8H,9H2,1H3,(H,24,25)(H,19,20,23). The number of aryl methyl sites for hydroxylation is 1. The number of carboxylic acids is 1. The highest BCUT2D eigenvalue weighted by Gasteiger charge is 2.22. The van der Waals surface area contributed by atoms with Gasteiger partial charge >= 0.3 is 5.97 Å². The van der Waals surface area contributed by atoms with Gasteiger partial charge in [0.2, 0.25) is 0 Å². The van der Waals surface area contributed by atoms with Crippen molar-refractivity contribution in [3.05, 3.63) is 64.0 Å². The number of amides is 1. The van der Waals surface area contributed by atoms with Gasteiger partial charge in [0.15, 0.2) is 5.82 Å². The zero-order valence-corrected chi connectivity index (χ0v) is 14.8. The Kier molecular flexibility index (Phi) is 4.66. The van der Waals surface area contributed by atoms with Crippen molar-refractivity contribution in [2.75, 3.05) is 5.32 Å². The average molecular weight is 404 g/mol. The number of carboxylic acid groups (broad SMARTS) is 1. The van der Waals surface area contributed by atoms with Crippen LogP contribution in [0.4, 0.5) is 5.82 Å². The van der Waals surface area contributed by atoms with Crippen molar-refractivity contribution in [1.29, 1.82) is 0 Å². The Balaban J connectivity index is 1.73. The van der Waals surface area contributed by atoms with E-state index in [1.807, 2.05) is 24.3 Å². The van der Waals surface area contributed by atoms with Gasteiger partial charge in [-0.15, -0.1) is 0 Å². The predicted molar refractivity (Wildman–Crippen MR) is 93.6 cm³/mol. The first-order valence-corrected chi connectivity index (χ1v) is 8.08. The number of hydrogen-bond acceptors (Lipinski definition) is 4. The van der Waals surface area contributed by atoms with E-state index < -0.39 is 11.9 Å². The Morgan fingerprint density at radius 2 is 1.96 bits per heavy atom. The first kappa shape index (κ1) is 16.9. The van der Waals surface area contributed by atoms with Crippen LogP contribution in [0.25, 0.3) is 0 Å². The number of aromatic nitrogens is 4. The highest BCUT2D eigenvalue weighted by Crippen LogP contribution is 2.14. The summed E-state index contributed by atoms with van der Waals surface area (Å²) in [5, 5.41) is 19.8. The molecule has 0 aliphatic carbocycles. The smallest absolute Gasteiger partial charge is 0.339 e. The lowest BCUT2D eigenvalue weighted by Crippen LogP contribution is -2.19. The number of halogens is 1. The number of carbonyl (C=O) groups is 2. The number of anilines is 1. The molecule has 0 saturated carbocycles. The van der Waals surface area contributed by atoms with Crippen LogP contribution in [0.3, 0.4) is 0 Å². The second-order valence-corrected chi connectivity index (χ2v) is 6.23. The summed E-state index contributed by atoms with van der Waals surface area (Å²) in [5.41, 5.74) is 0.869. The first-order chi connectivity index (χ1) is 11.9. The molecule has 25 heavy (non-hydrogen) atoms. The molecule has 0 unspecified atom stereocenters. The zero-order chi connectivity index (χ0) is 18.0. The molecular weight excluding hydrogens is 390 g/mol. The summed E-state index contributed by atoms with van der Waals surface area (Å²) in [6.45, 7) is 0.551. The maximum Gasteiger partial charge on any atom is 0.339 e. The molecule has 0 bridgehead atoms. The van der Waals surface area contributed by atoms with E-state index >= 15 is 0 Å². The van der Waals surface area contributed by atoms with Gasteiger partial charge < -0.3 is 10.4 Å². The highest BCUT2D eigenvalue weighted by molar-refractivity contribution is 9.10. The van der Waals surface area contributed by atoms with E-state index in [0.29, 0.717) is 12.4 Å². The fourth-order valence-corrected chi connectivity index (χ4v) is 2.60. The molecule has 0 spiro atoms. The Hall–Kier alpha value is -2.94. The molecule has 2 heterocycles. The largest absolute Gasteiger partial charge is 0.478 e. The van der Waals surface area contributed by atoms with Crippen LogP contribution in [0, 0.1) is 0 Å². The highest BCUT2D eigenvalue weighted by atomic mass is 79.9. The van der Waals surface area contributed by atoms with E-state index in [1.54, 1.807) is 16.9 Å². The topological polar surface area (TPSA) is 102 Å². The lowest BCUT2D eigenvalue weighted by Gasteiger charge is -2.05. The van der Waals surface area contributed by atoms with Crippen LogP contribution in [0.2, 0.25) is 0 Å². The molecule has 2 N–H and O–H groups in total. The molecule has 0 aliphatic heterocycles. The van der Waals surface area contributed by atoms with Gasteiger partial charge in [-0.25, -0.2) is 4.79 Å². The van der Waals surface area contributed by atoms with E-state index in [1.165, 1.54) is 11.7 Å². The van der Waals surface area contributed by atoms with Gasteiger partial charge in [-0.2, -0.15) is 10.2 Å². The Morgan fingerprint density at radius 3 is 2.64 bits per heavy atom. The van der Waals surface area contributed by atoms with Gasteiger partial charge in [0.05, 0.1) is 12.7 Å². The molecule has 2 aromatic heterocycles. The monoisotopic (exact) mass is 403 g/mol. The molecule has 1 aromatic carbocycles. The average Bonchev–Trinajstić information content (AvgIpc) is 3.16. The van der Waals surface area contributed by atoms with Gasteiger partial charge in [0.1, 0.15) is 11.3 Å². The maximum atomic E-state index is 12.3. The lowest BCUT2D eigenvalue weighted by atomic mass is 10.2. The Morgan fingerprint density at radius 1 is 1.24 bits per heavy atom. The summed E-state index contributed by atoms with van der Waals surface area (Å²) in [7, 11) is 1.51. The predicted octanol–water partition coefficient (Wildman–Crippen LogP) is 2.38. The summed E-state index contributed by atoms with van der Waals surface area (Å²) in [6.07, 6.45) is 2.88. The van der Waals surface area contributed by atoms with Crippen molar-refractivity contribution in [1.82, 2.24) is 19.6 Å². The van der Waals surface area contributed by atoms with Crippen molar-refractivity contribution in [2.24, 2.45) is 7.05 Å². The SMILES string of the molecule is Cn1ncc(C(=O)O)c1C(=O)Nc1ccn(Cc2ccc(Br)cc2)n1. The minimum Gasteiger partial charge on any atom is -0.478 e. The summed E-state index contributed by atoms with van der Waals surface area (Å²) in [5.74, 6) is -1.45. The molecule has 0 atom stereocenters. The van der Waals surface area contributed by atoms with Crippen LogP contribution in [0.5, 0.6) is 0 Å². The third-order valence-electron chi connectivity index (χ3n) is 3.52. The minimum absolute atomic E-state index is 0.0324. The molecule has 3 aromatic rings. The number of carbonyl (C=O) groups excluding carboxylic acids is 1. The quantitative estimate of drug-likeness (QED) is 0.680. The van der Waals surface area contributed by atoms with Crippen LogP contribution in [-0.2, 0) is 13.6 Å². The normalized spacial score (nSPS) is 10.6. The molecule has 0 radical (unpaired) electrons. The number of nitrogens with zero attached hydrogens (tertiary/aromatic N) is 4. The summed E-state index contributed by atoms with van der Waals surface area (Å²) < 4.78 is 3.90. The fourth-order valence-electron chi connectivity index (χ4n) is 2.33. The molecular formula is C16H14BrN5O3. The summed E-state index contributed by atoms with van der Waals surface area (Å²) in [4.78, 5) is 23.5. The molecule has 9 heteroatoms. The van der Waals surface area contributed by atoms with E-state index in [9.17, 15) is 9.59 Å². The van der Waals surface area contributed by atoms with Gasteiger partial charge in [-0.1, -0.05) is 28.1 Å². The molecule has 1 amide bonds. The number of nitrogens with one attached hydrogen (secondary N) is 1. The van der Waals surface area contributed by atoms with E-state index in [2.05, 4.69) is 31.4 Å². The van der Waals surface area contributed by atoms with Crippen molar-refractivity contribution in [3.63, 3.8) is 0 Å². The molecule has 0 saturated heterocycles. The second kappa shape index (κ2) is 6.89. The number of hydrogen-bond donors (Lipinski definition) is 2. The minimum atomic E-state index is -1.21. The third kappa shape index (κ3) is 3.77. The second-order valence-electron chi connectivity index (χ2n) is 5.31. The van der Waals surface area contributed by atoms with Gasteiger partial charge in [-0.05, 0) is 17.7 Å². The number of benzene rings is 1. The third-order valence-corrected chi connectivity index (χ3v) is 4.05. The van der Waals surface area contributed by atoms with E-state index in [0.717, 1.165) is 16.2 Å². The maximum absolute atomic E-state index is 12.3. The van der Waals surface area contributed by atoms with Crippen molar-refractivity contribution in [2.45, 2.75) is 6.54 Å². The van der Waals surface area contributed by atoms with Crippen LogP contribution in [-0.4, -0.2) is 36.5 Å². The zero-order valence-electron chi connectivity index (χ0n) is 13.2. The van der Waals surface area contributed by atoms with Crippen LogP contribution < -0.4 is 5.32 Å². The van der Waals surface area contributed by atoms with Crippen LogP contribution >= 0.6 is 15.9 Å². The van der Waals surface area contributed by atoms with Gasteiger partial charge in [0.25, 0.3) is 5.91 Å². The van der Waals surface area contributed by atoms with Crippen molar-refractivity contribution in [3.8, 4) is 0 Å². The van der Waals surface area contributed by atoms with E-state index in [-0.39, 0.29) is 11.3 Å². The lowest BCUT2D eigenvalue weighted by molar-refractivity contribution is 0.0692. The van der Waals surface area contributed by atoms with Gasteiger partial charge in [0, 0.05) is 23.8 Å². The molecule has 0 fully saturated rings. The Bertz CT molecular complexity index is 930. The summed E-state index contributed by atoms with van der Waals surface area (Å²) in [6, 6.07) is 9.47. The Labute approximate surface area is 151 Å². The molecule has 3 rings (SSSR count). The number of aromatic carboxylic acids is 1. The van der Waals surface area contributed by atoms with E-state index in [4.69, 9.17) is 5.11 Å². The molecule has 0 aliphatic rings. The molecule has 8 nitrogen and oxygen atoms in total. The first-order valence-electron chi connectivity index (χ1n) is 7.28. The summed E-state index contributed by atoms with van der Waals surface area (Å²) >= 11 is 3.38. The van der Waals surface area contributed by atoms with Crippen LogP contribution in [0.15, 0.2) is 47.2 Å². The van der Waals surface area contributed by atoms with Gasteiger partial charge in [-0.3, -0.25) is 14.2 Å². The molecule has 128 valence electrons. The van der Waals surface area contributed by atoms with Crippen molar-refractivity contribution >= 4 is 33.6 Å². The number of rotatable bonds is 5.